The van der Waals surface area contributed by atoms with Crippen LogP contribution in [-0.4, -0.2) is 23.5 Å². The fourth-order valence-electron chi connectivity index (χ4n) is 3.20. The van der Waals surface area contributed by atoms with Crippen LogP contribution in [0.5, 0.6) is 0 Å². The number of nitrogens with zero attached hydrogens (tertiary/aromatic N) is 1. The number of carbonyl (C=O) groups excluding carboxylic acids is 1. The third-order valence-corrected chi connectivity index (χ3v) is 6.30. The van der Waals surface area contributed by atoms with Crippen LogP contribution < -0.4 is 9.62 Å². The number of carbonyl (C=O) groups is 2. The van der Waals surface area contributed by atoms with Crippen LogP contribution in [0.25, 0.3) is 10.8 Å². The van der Waals surface area contributed by atoms with Gasteiger partial charge in [0.15, 0.2) is 0 Å². The van der Waals surface area contributed by atoms with Crippen molar-refractivity contribution in [1.82, 2.24) is 4.72 Å². The molecule has 2 aromatic carbocycles. The Morgan fingerprint density at radius 2 is 2.08 bits per heavy atom. The average Bonchev–Trinajstić information content (AvgIpc) is 3.22. The van der Waals surface area contributed by atoms with Crippen LogP contribution in [-0.2, 0) is 6.54 Å². The van der Waals surface area contributed by atoms with Crippen molar-refractivity contribution in [2.24, 2.45) is 0 Å². The summed E-state index contributed by atoms with van der Waals surface area (Å²) in [4.78, 5) is 27.7. The first-order valence-corrected chi connectivity index (χ1v) is 9.82. The Bertz CT molecular complexity index is 1030. The predicted molar refractivity (Wildman–Crippen MR) is 105 cm³/mol. The molecule has 1 amide bonds. The molecule has 0 saturated carbocycles. The van der Waals surface area contributed by atoms with Crippen molar-refractivity contribution in [3.63, 3.8) is 0 Å². The van der Waals surface area contributed by atoms with E-state index < -0.39 is 5.97 Å². The Morgan fingerprint density at radius 1 is 1.23 bits per heavy atom. The molecule has 2 heterocycles. The van der Waals surface area contributed by atoms with E-state index in [9.17, 15) is 9.59 Å². The van der Waals surface area contributed by atoms with E-state index in [1.54, 1.807) is 11.0 Å². The lowest BCUT2D eigenvalue weighted by Crippen LogP contribution is -2.25. The van der Waals surface area contributed by atoms with Gasteiger partial charge in [-0.3, -0.25) is 9.52 Å². The highest BCUT2D eigenvalue weighted by Gasteiger charge is 2.29. The number of carboxylic acids is 1. The molecule has 0 saturated heterocycles. The van der Waals surface area contributed by atoms with Crippen LogP contribution in [0.2, 0.25) is 0 Å². The van der Waals surface area contributed by atoms with Gasteiger partial charge in [-0.1, -0.05) is 12.1 Å². The number of carboxylic acid groups (broad SMARTS) is 1. The number of thiophene rings is 1. The number of benzene rings is 2. The number of rotatable bonds is 6. The molecule has 1 aliphatic heterocycles. The van der Waals surface area contributed by atoms with Crippen molar-refractivity contribution in [2.45, 2.75) is 18.4 Å². The predicted octanol–water partition coefficient (Wildman–Crippen LogP) is 4.38. The second kappa shape index (κ2) is 6.75. The van der Waals surface area contributed by atoms with E-state index in [1.165, 1.54) is 23.3 Å². The zero-order valence-electron chi connectivity index (χ0n) is 14.0. The van der Waals surface area contributed by atoms with Gasteiger partial charge in [0, 0.05) is 33.8 Å². The first-order chi connectivity index (χ1) is 12.6. The minimum atomic E-state index is -0.897. The van der Waals surface area contributed by atoms with Crippen LogP contribution in [0.1, 0.15) is 31.8 Å². The van der Waals surface area contributed by atoms with Gasteiger partial charge in [-0.05, 0) is 54.6 Å². The second-order valence-corrected chi connectivity index (χ2v) is 7.96. The summed E-state index contributed by atoms with van der Waals surface area (Å²) in [6, 6.07) is 13.3. The largest absolute Gasteiger partial charge is 0.477 e. The summed E-state index contributed by atoms with van der Waals surface area (Å²) in [5.74, 6) is -0.838. The summed E-state index contributed by atoms with van der Waals surface area (Å²) in [5.41, 5.74) is 1.72. The fraction of sp³-hybridized carbons (Fsp3) is 0.158. The van der Waals surface area contributed by atoms with Crippen molar-refractivity contribution in [2.75, 3.05) is 11.4 Å². The molecule has 1 aromatic heterocycles. The summed E-state index contributed by atoms with van der Waals surface area (Å²) >= 11 is 2.77. The summed E-state index contributed by atoms with van der Waals surface area (Å²) in [5, 5.41) is 11.1. The van der Waals surface area contributed by atoms with E-state index in [2.05, 4.69) is 4.72 Å². The molecule has 26 heavy (non-hydrogen) atoms. The highest BCUT2D eigenvalue weighted by atomic mass is 32.2. The Balaban J connectivity index is 1.57. The molecular formula is C19H16N2O3S2. The number of amides is 1. The fourth-order valence-corrected chi connectivity index (χ4v) is 4.87. The van der Waals surface area contributed by atoms with Crippen LogP contribution in [0, 0.1) is 0 Å². The minimum Gasteiger partial charge on any atom is -0.477 e. The molecule has 0 aliphatic carbocycles. The minimum absolute atomic E-state index is 0.0583. The lowest BCUT2D eigenvalue weighted by molar-refractivity contribution is 0.0702. The normalized spacial score (nSPS) is 13.0. The molecule has 4 rings (SSSR count). The van der Waals surface area contributed by atoms with Crippen molar-refractivity contribution in [3.8, 4) is 0 Å². The van der Waals surface area contributed by atoms with Crippen molar-refractivity contribution < 1.29 is 14.7 Å². The lowest BCUT2D eigenvalue weighted by Gasteiger charge is -2.15. The first kappa shape index (κ1) is 17.1. The van der Waals surface area contributed by atoms with Gasteiger partial charge in [0.2, 0.25) is 0 Å². The third-order valence-electron chi connectivity index (χ3n) is 4.36. The second-order valence-electron chi connectivity index (χ2n) is 5.85. The molecule has 7 heteroatoms. The van der Waals surface area contributed by atoms with Gasteiger partial charge in [0.1, 0.15) is 4.88 Å². The smallest absolute Gasteiger partial charge is 0.345 e. The van der Waals surface area contributed by atoms with E-state index in [4.69, 9.17) is 5.11 Å². The summed E-state index contributed by atoms with van der Waals surface area (Å²) in [6.07, 6.45) is 0. The SMILES string of the molecule is CCN1C(=O)c2cccc3c(SNCc4ccc(C(=O)O)s4)ccc1c23. The number of aromatic carboxylic acids is 1. The maximum Gasteiger partial charge on any atom is 0.345 e. The molecule has 0 unspecified atom stereocenters. The highest BCUT2D eigenvalue weighted by molar-refractivity contribution is 7.97. The molecule has 132 valence electrons. The van der Waals surface area contributed by atoms with Gasteiger partial charge in [-0.25, -0.2) is 4.79 Å². The van der Waals surface area contributed by atoms with Crippen LogP contribution >= 0.6 is 23.3 Å². The van der Waals surface area contributed by atoms with E-state index in [-0.39, 0.29) is 5.91 Å². The van der Waals surface area contributed by atoms with E-state index in [0.29, 0.717) is 18.0 Å². The van der Waals surface area contributed by atoms with Crippen LogP contribution in [0.3, 0.4) is 0 Å². The maximum atomic E-state index is 12.5. The number of hydrogen-bond acceptors (Lipinski definition) is 5. The average molecular weight is 384 g/mol. The Kier molecular flexibility index (Phi) is 4.44. The Hall–Kier alpha value is -2.35. The molecule has 0 fully saturated rings. The lowest BCUT2D eigenvalue weighted by atomic mass is 10.1. The summed E-state index contributed by atoms with van der Waals surface area (Å²) < 4.78 is 3.29. The molecule has 0 bridgehead atoms. The van der Waals surface area contributed by atoms with Crippen molar-refractivity contribution >= 4 is 51.6 Å². The number of anilines is 1. The molecule has 2 N–H and O–H groups in total. The van der Waals surface area contributed by atoms with Gasteiger partial charge in [-0.2, -0.15) is 0 Å². The molecule has 5 nitrogen and oxygen atoms in total. The van der Waals surface area contributed by atoms with Gasteiger partial charge in [0.05, 0.1) is 5.69 Å². The Morgan fingerprint density at radius 3 is 2.81 bits per heavy atom. The molecule has 0 spiro atoms. The maximum absolute atomic E-state index is 12.5. The van der Waals surface area contributed by atoms with E-state index in [0.717, 1.165) is 31.8 Å². The zero-order valence-corrected chi connectivity index (χ0v) is 15.6. The number of hydrogen-bond donors (Lipinski definition) is 2. The standard InChI is InChI=1S/C19H16N2O3S2/c1-2-21-14-7-9-15(12-4-3-5-13(17(12)14)18(21)22)26-20-10-11-6-8-16(25-11)19(23)24/h3-9,20H,2,10H2,1H3,(H,23,24). The zero-order chi connectivity index (χ0) is 18.3. The molecular weight excluding hydrogens is 368 g/mol. The molecule has 1 aliphatic rings. The van der Waals surface area contributed by atoms with Crippen molar-refractivity contribution in [3.05, 3.63) is 57.8 Å². The first-order valence-electron chi connectivity index (χ1n) is 8.19. The molecule has 0 atom stereocenters. The summed E-state index contributed by atoms with van der Waals surface area (Å²) in [7, 11) is 0. The van der Waals surface area contributed by atoms with E-state index >= 15 is 0 Å². The number of nitrogens with one attached hydrogen (secondary N) is 1. The van der Waals surface area contributed by atoms with Gasteiger partial charge < -0.3 is 10.0 Å². The van der Waals surface area contributed by atoms with E-state index in [1.807, 2.05) is 43.3 Å². The van der Waals surface area contributed by atoms with Crippen LogP contribution in [0.4, 0.5) is 5.69 Å². The monoisotopic (exact) mass is 384 g/mol. The summed E-state index contributed by atoms with van der Waals surface area (Å²) in [6.45, 7) is 3.20. The molecule has 0 radical (unpaired) electrons. The Labute approximate surface area is 158 Å². The highest BCUT2D eigenvalue weighted by Crippen LogP contribution is 2.40. The van der Waals surface area contributed by atoms with Crippen molar-refractivity contribution in [1.29, 1.82) is 0 Å². The quantitative estimate of drug-likeness (QED) is 0.618. The third kappa shape index (κ3) is 2.78. The van der Waals surface area contributed by atoms with Gasteiger partial charge in [0.25, 0.3) is 5.91 Å². The van der Waals surface area contributed by atoms with Gasteiger partial charge >= 0.3 is 5.97 Å². The topological polar surface area (TPSA) is 69.6 Å². The van der Waals surface area contributed by atoms with Crippen LogP contribution in [0.15, 0.2) is 47.4 Å². The van der Waals surface area contributed by atoms with Gasteiger partial charge in [-0.15, -0.1) is 11.3 Å². The molecule has 3 aromatic rings.